The van der Waals surface area contributed by atoms with Crippen molar-refractivity contribution in [3.05, 3.63) is 86.5 Å². The number of tetrazole rings is 1. The molecule has 5 rings (SSSR count). The van der Waals surface area contributed by atoms with Crippen LogP contribution in [0.3, 0.4) is 0 Å². The molecule has 8 heteroatoms. The fourth-order valence-corrected chi connectivity index (χ4v) is 4.85. The average Bonchev–Trinajstić information content (AvgIpc) is 3.49. The Morgan fingerprint density at radius 2 is 1.89 bits per heavy atom. The van der Waals surface area contributed by atoms with Crippen LogP contribution >= 0.6 is 0 Å². The molecule has 8 nitrogen and oxygen atoms in total. The van der Waals surface area contributed by atoms with Crippen LogP contribution in [-0.2, 0) is 30.9 Å². The second-order valence-corrected chi connectivity index (χ2v) is 9.71. The summed E-state index contributed by atoms with van der Waals surface area (Å²) < 4.78 is 7.63. The molecule has 2 aromatic heterocycles. The Morgan fingerprint density at radius 3 is 2.66 bits per heavy atom. The Labute approximate surface area is 204 Å². The van der Waals surface area contributed by atoms with Crippen molar-refractivity contribution in [1.82, 2.24) is 30.1 Å². The van der Waals surface area contributed by atoms with E-state index in [2.05, 4.69) is 69.6 Å². The van der Waals surface area contributed by atoms with Crippen molar-refractivity contribution < 1.29 is 4.74 Å². The molecule has 0 amide bonds. The Morgan fingerprint density at radius 1 is 1.06 bits per heavy atom. The lowest BCUT2D eigenvalue weighted by atomic mass is 10.0. The summed E-state index contributed by atoms with van der Waals surface area (Å²) in [4.78, 5) is 18.4. The van der Waals surface area contributed by atoms with Crippen molar-refractivity contribution in [3.8, 4) is 0 Å². The third-order valence-corrected chi connectivity index (χ3v) is 6.68. The van der Waals surface area contributed by atoms with Gasteiger partial charge in [0.15, 0.2) is 5.82 Å². The second kappa shape index (κ2) is 10.1. The normalized spacial score (nSPS) is 15.9. The lowest BCUT2D eigenvalue weighted by Crippen LogP contribution is -2.29. The summed E-state index contributed by atoms with van der Waals surface area (Å²) >= 11 is 0. The van der Waals surface area contributed by atoms with E-state index < -0.39 is 0 Å². The van der Waals surface area contributed by atoms with Crippen molar-refractivity contribution in [2.24, 2.45) is 0 Å². The molecule has 182 valence electrons. The summed E-state index contributed by atoms with van der Waals surface area (Å²) in [5.74, 6) is 0.775. The zero-order chi connectivity index (χ0) is 24.4. The maximum Gasteiger partial charge on any atom is 0.252 e. The Hall–Kier alpha value is -3.36. The average molecular weight is 473 g/mol. The number of nitrogens with one attached hydrogen (secondary N) is 1. The van der Waals surface area contributed by atoms with E-state index in [1.165, 1.54) is 11.1 Å². The molecule has 1 saturated heterocycles. The molecule has 1 aliphatic heterocycles. The van der Waals surface area contributed by atoms with Crippen LogP contribution in [0.15, 0.2) is 47.3 Å². The molecule has 1 aliphatic rings. The molecule has 0 bridgehead atoms. The monoisotopic (exact) mass is 472 g/mol. The number of rotatable bonds is 8. The van der Waals surface area contributed by atoms with E-state index in [-0.39, 0.29) is 11.7 Å². The van der Waals surface area contributed by atoms with Crippen LogP contribution in [0.4, 0.5) is 0 Å². The van der Waals surface area contributed by atoms with Gasteiger partial charge in [-0.25, -0.2) is 4.68 Å². The lowest BCUT2D eigenvalue weighted by Gasteiger charge is -2.22. The third kappa shape index (κ3) is 5.49. The summed E-state index contributed by atoms with van der Waals surface area (Å²) in [5.41, 5.74) is 6.24. The van der Waals surface area contributed by atoms with Crippen molar-refractivity contribution in [3.63, 3.8) is 0 Å². The molecule has 1 fully saturated rings. The number of aromatic amines is 1. The van der Waals surface area contributed by atoms with Gasteiger partial charge in [-0.2, -0.15) is 0 Å². The van der Waals surface area contributed by atoms with Crippen LogP contribution in [0.25, 0.3) is 10.9 Å². The van der Waals surface area contributed by atoms with E-state index in [0.29, 0.717) is 26.2 Å². The number of hydrogen-bond acceptors (Lipinski definition) is 6. The second-order valence-electron chi connectivity index (χ2n) is 9.71. The van der Waals surface area contributed by atoms with E-state index in [9.17, 15) is 4.79 Å². The molecule has 0 spiro atoms. The highest BCUT2D eigenvalue weighted by molar-refractivity contribution is 5.83. The number of pyridine rings is 1. The number of benzene rings is 2. The van der Waals surface area contributed by atoms with Crippen LogP contribution in [0, 0.1) is 20.8 Å². The summed E-state index contributed by atoms with van der Waals surface area (Å²) in [7, 11) is 0. The largest absolute Gasteiger partial charge is 0.376 e. The molecular formula is C27H32N6O2. The van der Waals surface area contributed by atoms with Gasteiger partial charge < -0.3 is 9.72 Å². The molecule has 1 atom stereocenters. The fraction of sp³-hybridized carbons (Fsp3) is 0.407. The Kier molecular flexibility index (Phi) is 6.74. The van der Waals surface area contributed by atoms with Gasteiger partial charge in [-0.05, 0) is 72.9 Å². The van der Waals surface area contributed by atoms with Crippen LogP contribution in [0.5, 0.6) is 0 Å². The van der Waals surface area contributed by atoms with Crippen LogP contribution < -0.4 is 5.56 Å². The first-order valence-corrected chi connectivity index (χ1v) is 12.2. The number of fused-ring (bicyclic) bond motifs is 1. The summed E-state index contributed by atoms with van der Waals surface area (Å²) in [6.45, 7) is 9.35. The van der Waals surface area contributed by atoms with Gasteiger partial charge in [-0.15, -0.1) is 5.10 Å². The van der Waals surface area contributed by atoms with Crippen LogP contribution in [0.1, 0.15) is 46.5 Å². The summed E-state index contributed by atoms with van der Waals surface area (Å²) in [5, 5.41) is 13.5. The van der Waals surface area contributed by atoms with Crippen molar-refractivity contribution >= 4 is 10.9 Å². The van der Waals surface area contributed by atoms with Crippen molar-refractivity contribution in [1.29, 1.82) is 0 Å². The molecule has 0 unspecified atom stereocenters. The number of H-pyrrole nitrogens is 1. The highest BCUT2D eigenvalue weighted by Crippen LogP contribution is 2.20. The zero-order valence-electron chi connectivity index (χ0n) is 20.6. The fourth-order valence-electron chi connectivity index (χ4n) is 4.85. The first kappa shape index (κ1) is 23.4. The van der Waals surface area contributed by atoms with Crippen LogP contribution in [0.2, 0.25) is 0 Å². The van der Waals surface area contributed by atoms with E-state index in [4.69, 9.17) is 4.74 Å². The topological polar surface area (TPSA) is 88.9 Å². The zero-order valence-corrected chi connectivity index (χ0v) is 20.6. The van der Waals surface area contributed by atoms with Gasteiger partial charge >= 0.3 is 0 Å². The van der Waals surface area contributed by atoms with Gasteiger partial charge in [-0.3, -0.25) is 9.69 Å². The maximum atomic E-state index is 13.0. The smallest absolute Gasteiger partial charge is 0.252 e. The number of nitrogens with zero attached hydrogens (tertiary/aromatic N) is 5. The van der Waals surface area contributed by atoms with Gasteiger partial charge in [0.2, 0.25) is 0 Å². The standard InChI is InChI=1S/C27H32N6O2/c1-18-6-8-21(9-7-18)14-32(17-26-29-30-31-33(26)16-23-5-4-10-35-23)15-22-13-24-20(3)11-19(2)12-25(24)28-27(22)34/h6-9,11-13,23H,4-5,10,14-17H2,1-3H3,(H,28,34)/t23-/m0/s1. The first-order valence-electron chi connectivity index (χ1n) is 12.2. The predicted molar refractivity (Wildman–Crippen MR) is 135 cm³/mol. The molecule has 4 aromatic rings. The number of aromatic nitrogens is 5. The molecule has 0 saturated carbocycles. The van der Waals surface area contributed by atoms with Gasteiger partial charge in [0, 0.05) is 36.2 Å². The molecule has 0 aliphatic carbocycles. The highest BCUT2D eigenvalue weighted by Gasteiger charge is 2.21. The molecular weight excluding hydrogens is 440 g/mol. The molecule has 3 heterocycles. The summed E-state index contributed by atoms with van der Waals surface area (Å²) in [6.07, 6.45) is 2.25. The maximum absolute atomic E-state index is 13.0. The van der Waals surface area contributed by atoms with Crippen molar-refractivity contribution in [2.75, 3.05) is 6.61 Å². The van der Waals surface area contributed by atoms with E-state index in [1.54, 1.807) is 0 Å². The number of hydrogen-bond donors (Lipinski definition) is 1. The quantitative estimate of drug-likeness (QED) is 0.419. The lowest BCUT2D eigenvalue weighted by molar-refractivity contribution is 0.0914. The number of aryl methyl sites for hydroxylation is 3. The van der Waals surface area contributed by atoms with E-state index in [1.807, 2.05) is 23.7 Å². The number of ether oxygens (including phenoxy) is 1. The van der Waals surface area contributed by atoms with Gasteiger partial charge in [0.25, 0.3) is 5.56 Å². The minimum Gasteiger partial charge on any atom is -0.376 e. The predicted octanol–water partition coefficient (Wildman–Crippen LogP) is 3.82. The SMILES string of the molecule is Cc1ccc(CN(Cc2cc3c(C)cc(C)cc3[nH]c2=O)Cc2nnnn2C[C@@H]2CCCO2)cc1. The van der Waals surface area contributed by atoms with Crippen molar-refractivity contribution in [2.45, 2.75) is 65.9 Å². The molecule has 0 radical (unpaired) electrons. The van der Waals surface area contributed by atoms with Gasteiger partial charge in [0.1, 0.15) is 0 Å². The minimum atomic E-state index is -0.0599. The van der Waals surface area contributed by atoms with Gasteiger partial charge in [0.05, 0.1) is 19.2 Å². The molecule has 35 heavy (non-hydrogen) atoms. The van der Waals surface area contributed by atoms with E-state index >= 15 is 0 Å². The molecule has 1 N–H and O–H groups in total. The molecule has 2 aromatic carbocycles. The van der Waals surface area contributed by atoms with Crippen LogP contribution in [-0.4, -0.2) is 42.8 Å². The summed E-state index contributed by atoms with van der Waals surface area (Å²) in [6, 6.07) is 14.7. The van der Waals surface area contributed by atoms with E-state index in [0.717, 1.165) is 52.9 Å². The highest BCUT2D eigenvalue weighted by atomic mass is 16.5. The Balaban J connectivity index is 1.44. The van der Waals surface area contributed by atoms with Gasteiger partial charge in [-0.1, -0.05) is 35.9 Å². The minimum absolute atomic E-state index is 0.0599. The first-order chi connectivity index (χ1) is 16.9. The third-order valence-electron chi connectivity index (χ3n) is 6.68. The Bertz CT molecular complexity index is 1370.